The van der Waals surface area contributed by atoms with E-state index in [1.165, 1.54) is 0 Å². The maximum Gasteiger partial charge on any atom is 0.234 e. The molecular formula is C16H28N4O2. The Bertz CT molecular complexity index is 490. The number of hydrogen-bond donors (Lipinski definition) is 1. The van der Waals surface area contributed by atoms with Crippen LogP contribution in [0.15, 0.2) is 10.6 Å². The molecule has 0 atom stereocenters. The van der Waals surface area contributed by atoms with Gasteiger partial charge in [-0.15, -0.1) is 0 Å². The number of amides is 1. The molecular weight excluding hydrogens is 280 g/mol. The fraction of sp³-hybridized carbons (Fsp3) is 0.750. The number of nitrogens with zero attached hydrogens (tertiary/aromatic N) is 3. The van der Waals surface area contributed by atoms with E-state index < -0.39 is 0 Å². The van der Waals surface area contributed by atoms with Gasteiger partial charge in [-0.05, 0) is 27.2 Å². The summed E-state index contributed by atoms with van der Waals surface area (Å²) >= 11 is 0. The SMILES string of the molecule is CCC(C)(C)NC(=O)CN1CCN(Cc2cc(C)no2)CC1. The Balaban J connectivity index is 1.72. The quantitative estimate of drug-likeness (QED) is 0.861. The van der Waals surface area contributed by atoms with Crippen molar-refractivity contribution in [2.75, 3.05) is 32.7 Å². The molecule has 124 valence electrons. The van der Waals surface area contributed by atoms with E-state index in [-0.39, 0.29) is 11.4 Å². The number of carbonyl (C=O) groups excluding carboxylic acids is 1. The number of piperazine rings is 1. The van der Waals surface area contributed by atoms with E-state index in [9.17, 15) is 4.79 Å². The molecule has 0 bridgehead atoms. The molecule has 0 radical (unpaired) electrons. The summed E-state index contributed by atoms with van der Waals surface area (Å²) < 4.78 is 5.26. The Morgan fingerprint density at radius 1 is 1.32 bits per heavy atom. The molecule has 2 rings (SSSR count). The van der Waals surface area contributed by atoms with Gasteiger partial charge in [0.25, 0.3) is 0 Å². The monoisotopic (exact) mass is 308 g/mol. The third-order valence-electron chi connectivity index (χ3n) is 4.25. The minimum absolute atomic E-state index is 0.117. The highest BCUT2D eigenvalue weighted by atomic mass is 16.5. The predicted molar refractivity (Wildman–Crippen MR) is 85.5 cm³/mol. The van der Waals surface area contributed by atoms with Gasteiger partial charge in [-0.2, -0.15) is 0 Å². The number of hydrogen-bond acceptors (Lipinski definition) is 5. The minimum atomic E-state index is -0.122. The first-order valence-corrected chi connectivity index (χ1v) is 8.06. The summed E-state index contributed by atoms with van der Waals surface area (Å²) in [6, 6.07) is 1.98. The van der Waals surface area contributed by atoms with Crippen LogP contribution in [0, 0.1) is 6.92 Å². The Kier molecular flexibility index (Phi) is 5.58. The van der Waals surface area contributed by atoms with Gasteiger partial charge < -0.3 is 9.84 Å². The molecule has 0 spiro atoms. The number of rotatable bonds is 6. The summed E-state index contributed by atoms with van der Waals surface area (Å²) in [5.74, 6) is 1.03. The lowest BCUT2D eigenvalue weighted by molar-refractivity contribution is -0.124. The smallest absolute Gasteiger partial charge is 0.234 e. The van der Waals surface area contributed by atoms with Crippen molar-refractivity contribution in [2.45, 2.75) is 46.2 Å². The molecule has 1 N–H and O–H groups in total. The first-order valence-electron chi connectivity index (χ1n) is 8.06. The van der Waals surface area contributed by atoms with E-state index in [1.54, 1.807) is 0 Å². The molecule has 1 saturated heterocycles. The molecule has 6 nitrogen and oxygen atoms in total. The van der Waals surface area contributed by atoms with E-state index in [2.05, 4.69) is 41.0 Å². The highest BCUT2D eigenvalue weighted by Crippen LogP contribution is 2.10. The normalized spacial score (nSPS) is 17.6. The van der Waals surface area contributed by atoms with Gasteiger partial charge in [-0.1, -0.05) is 12.1 Å². The third-order valence-corrected chi connectivity index (χ3v) is 4.25. The van der Waals surface area contributed by atoms with Gasteiger partial charge in [0.1, 0.15) is 0 Å². The zero-order valence-corrected chi connectivity index (χ0v) is 14.2. The van der Waals surface area contributed by atoms with Gasteiger partial charge in [-0.3, -0.25) is 14.6 Å². The van der Waals surface area contributed by atoms with Crippen molar-refractivity contribution in [3.05, 3.63) is 17.5 Å². The van der Waals surface area contributed by atoms with Crippen LogP contribution < -0.4 is 5.32 Å². The van der Waals surface area contributed by atoms with E-state index in [0.717, 1.165) is 50.6 Å². The van der Waals surface area contributed by atoms with Crippen LogP contribution in [0.5, 0.6) is 0 Å². The number of aryl methyl sites for hydroxylation is 1. The summed E-state index contributed by atoms with van der Waals surface area (Å²) in [5, 5.41) is 7.00. The van der Waals surface area contributed by atoms with Crippen LogP contribution in [0.4, 0.5) is 0 Å². The predicted octanol–water partition coefficient (Wildman–Crippen LogP) is 1.41. The maximum atomic E-state index is 12.1. The van der Waals surface area contributed by atoms with Crippen LogP contribution in [0.1, 0.15) is 38.6 Å². The Morgan fingerprint density at radius 3 is 2.50 bits per heavy atom. The average molecular weight is 308 g/mol. The Labute approximate surface area is 132 Å². The summed E-state index contributed by atoms with van der Waals surface area (Å²) in [4.78, 5) is 16.6. The average Bonchev–Trinajstić information content (AvgIpc) is 2.86. The first-order chi connectivity index (χ1) is 10.4. The molecule has 1 aliphatic rings. The van der Waals surface area contributed by atoms with Gasteiger partial charge in [0.05, 0.1) is 18.8 Å². The molecule has 2 heterocycles. The van der Waals surface area contributed by atoms with Crippen molar-refractivity contribution in [3.63, 3.8) is 0 Å². The lowest BCUT2D eigenvalue weighted by atomic mass is 10.0. The van der Waals surface area contributed by atoms with Crippen LogP contribution in [-0.2, 0) is 11.3 Å². The highest BCUT2D eigenvalue weighted by molar-refractivity contribution is 5.78. The topological polar surface area (TPSA) is 61.6 Å². The second-order valence-electron chi connectivity index (χ2n) is 6.77. The summed E-state index contributed by atoms with van der Waals surface area (Å²) in [7, 11) is 0. The van der Waals surface area contributed by atoms with E-state index >= 15 is 0 Å². The maximum absolute atomic E-state index is 12.1. The molecule has 1 aromatic rings. The van der Waals surface area contributed by atoms with Crippen molar-refractivity contribution in [1.82, 2.24) is 20.3 Å². The van der Waals surface area contributed by atoms with Crippen molar-refractivity contribution < 1.29 is 9.32 Å². The van der Waals surface area contributed by atoms with Crippen molar-refractivity contribution in [3.8, 4) is 0 Å². The summed E-state index contributed by atoms with van der Waals surface area (Å²) in [6.45, 7) is 13.1. The van der Waals surface area contributed by atoms with Crippen LogP contribution in [0.25, 0.3) is 0 Å². The van der Waals surface area contributed by atoms with Gasteiger partial charge in [0.15, 0.2) is 5.76 Å². The van der Waals surface area contributed by atoms with Crippen LogP contribution >= 0.6 is 0 Å². The lowest BCUT2D eigenvalue weighted by Gasteiger charge is -2.34. The second-order valence-corrected chi connectivity index (χ2v) is 6.77. The van der Waals surface area contributed by atoms with Crippen molar-refractivity contribution in [1.29, 1.82) is 0 Å². The molecule has 0 aromatic carbocycles. The molecule has 1 fully saturated rings. The lowest BCUT2D eigenvalue weighted by Crippen LogP contribution is -2.52. The summed E-state index contributed by atoms with van der Waals surface area (Å²) in [6.07, 6.45) is 0.934. The number of nitrogens with one attached hydrogen (secondary N) is 1. The highest BCUT2D eigenvalue weighted by Gasteiger charge is 2.23. The van der Waals surface area contributed by atoms with E-state index in [0.29, 0.717) is 6.54 Å². The Morgan fingerprint density at radius 2 is 1.95 bits per heavy atom. The fourth-order valence-corrected chi connectivity index (χ4v) is 2.53. The molecule has 0 aliphatic carbocycles. The minimum Gasteiger partial charge on any atom is -0.360 e. The molecule has 22 heavy (non-hydrogen) atoms. The van der Waals surface area contributed by atoms with E-state index in [4.69, 9.17) is 4.52 Å². The first kappa shape index (κ1) is 17.0. The van der Waals surface area contributed by atoms with Gasteiger partial charge in [0.2, 0.25) is 5.91 Å². The third kappa shape index (κ3) is 5.10. The Hall–Kier alpha value is -1.40. The largest absolute Gasteiger partial charge is 0.360 e. The molecule has 0 saturated carbocycles. The zero-order valence-electron chi connectivity index (χ0n) is 14.2. The van der Waals surface area contributed by atoms with Crippen LogP contribution in [0.3, 0.4) is 0 Å². The zero-order chi connectivity index (χ0) is 16.2. The second kappa shape index (κ2) is 7.24. The van der Waals surface area contributed by atoms with Crippen LogP contribution in [-0.4, -0.2) is 59.1 Å². The van der Waals surface area contributed by atoms with E-state index in [1.807, 2.05) is 13.0 Å². The molecule has 1 aromatic heterocycles. The fourth-order valence-electron chi connectivity index (χ4n) is 2.53. The number of aromatic nitrogens is 1. The molecule has 1 aliphatic heterocycles. The molecule has 0 unspecified atom stereocenters. The van der Waals surface area contributed by atoms with Gasteiger partial charge >= 0.3 is 0 Å². The standard InChI is InChI=1S/C16H28N4O2/c1-5-16(3,4)17-15(21)12-20-8-6-19(7-9-20)11-14-10-13(2)18-22-14/h10H,5-9,11-12H2,1-4H3,(H,17,21). The van der Waals surface area contributed by atoms with Crippen LogP contribution in [0.2, 0.25) is 0 Å². The molecule has 1 amide bonds. The summed E-state index contributed by atoms with van der Waals surface area (Å²) in [5.41, 5.74) is 0.798. The van der Waals surface area contributed by atoms with Gasteiger partial charge in [-0.25, -0.2) is 0 Å². The van der Waals surface area contributed by atoms with Gasteiger partial charge in [0, 0.05) is 37.8 Å². The van der Waals surface area contributed by atoms with Crippen molar-refractivity contribution in [2.24, 2.45) is 0 Å². The molecule has 6 heteroatoms. The number of carbonyl (C=O) groups is 1. The van der Waals surface area contributed by atoms with Crippen molar-refractivity contribution >= 4 is 5.91 Å².